The third-order valence-electron chi connectivity index (χ3n) is 2.52. The quantitative estimate of drug-likeness (QED) is 0.433. The minimum Gasteiger partial charge on any atom is -0.347 e. The summed E-state index contributed by atoms with van der Waals surface area (Å²) in [6.45, 7) is 0.328. The molecule has 9 heteroatoms. The zero-order valence-electron chi connectivity index (χ0n) is 10.2. The fraction of sp³-hybridized carbons (Fsp3) is 0.0909. The summed E-state index contributed by atoms with van der Waals surface area (Å²) in [6, 6.07) is 4.03. The maximum Gasteiger partial charge on any atom is 0.294 e. The normalized spacial score (nSPS) is 10.1. The third-order valence-corrected chi connectivity index (χ3v) is 3.30. The Morgan fingerprint density at radius 1 is 1.50 bits per heavy atom. The van der Waals surface area contributed by atoms with Gasteiger partial charge in [0, 0.05) is 22.7 Å². The zero-order chi connectivity index (χ0) is 14.5. The Kier molecular flexibility index (Phi) is 4.23. The van der Waals surface area contributed by atoms with Crippen LogP contribution in [0.3, 0.4) is 0 Å². The van der Waals surface area contributed by atoms with Crippen molar-refractivity contribution in [2.45, 2.75) is 6.54 Å². The first-order chi connectivity index (χ1) is 9.61. The lowest BCUT2D eigenvalue weighted by Crippen LogP contribution is -2.22. The molecule has 8 nitrogen and oxygen atoms in total. The molecule has 1 heterocycles. The second kappa shape index (κ2) is 6.08. The summed E-state index contributed by atoms with van der Waals surface area (Å²) in [7, 11) is 0. The molecular formula is C11H11N5O3S. The number of nitro benzene ring substituents is 1. The van der Waals surface area contributed by atoms with Crippen LogP contribution >= 0.6 is 11.3 Å². The van der Waals surface area contributed by atoms with Gasteiger partial charge in [0.25, 0.3) is 11.6 Å². The topological polar surface area (TPSA) is 123 Å². The number of nitro groups is 1. The molecule has 0 saturated heterocycles. The molecule has 104 valence electrons. The van der Waals surface area contributed by atoms with E-state index >= 15 is 0 Å². The zero-order valence-corrected chi connectivity index (χ0v) is 11.0. The van der Waals surface area contributed by atoms with Crippen LogP contribution in [-0.2, 0) is 6.54 Å². The maximum absolute atomic E-state index is 11.9. The van der Waals surface area contributed by atoms with Crippen LogP contribution in [0.5, 0.6) is 0 Å². The number of thiazole rings is 1. The molecule has 0 radical (unpaired) electrons. The van der Waals surface area contributed by atoms with Gasteiger partial charge in [-0.3, -0.25) is 25.7 Å². The van der Waals surface area contributed by atoms with Crippen LogP contribution in [0.2, 0.25) is 0 Å². The highest BCUT2D eigenvalue weighted by Gasteiger charge is 2.16. The number of nitrogen functional groups attached to an aromatic ring is 1. The van der Waals surface area contributed by atoms with E-state index in [1.54, 1.807) is 11.7 Å². The summed E-state index contributed by atoms with van der Waals surface area (Å²) in [6.07, 6.45) is 1.65. The molecule has 20 heavy (non-hydrogen) atoms. The van der Waals surface area contributed by atoms with Gasteiger partial charge in [-0.1, -0.05) is 0 Å². The van der Waals surface area contributed by atoms with E-state index in [2.05, 4.69) is 15.7 Å². The highest BCUT2D eigenvalue weighted by molar-refractivity contribution is 7.09. The van der Waals surface area contributed by atoms with Crippen molar-refractivity contribution in [3.8, 4) is 0 Å². The molecular weight excluding hydrogens is 282 g/mol. The number of nitrogens with zero attached hydrogens (tertiary/aromatic N) is 2. The second-order valence-corrected chi connectivity index (χ2v) is 4.75. The number of benzene rings is 1. The van der Waals surface area contributed by atoms with Crippen molar-refractivity contribution in [3.63, 3.8) is 0 Å². The molecule has 2 aromatic rings. The van der Waals surface area contributed by atoms with Gasteiger partial charge in [0.05, 0.1) is 17.0 Å². The van der Waals surface area contributed by atoms with Crippen LogP contribution < -0.4 is 16.6 Å². The molecule has 2 rings (SSSR count). The van der Waals surface area contributed by atoms with Gasteiger partial charge in [-0.2, -0.15) is 0 Å². The smallest absolute Gasteiger partial charge is 0.294 e. The number of hydrogen-bond acceptors (Lipinski definition) is 7. The van der Waals surface area contributed by atoms with E-state index in [0.717, 1.165) is 4.88 Å². The summed E-state index contributed by atoms with van der Waals surface area (Å²) in [5.74, 6) is 4.78. The first-order valence-electron chi connectivity index (χ1n) is 5.52. The summed E-state index contributed by atoms with van der Waals surface area (Å²) >= 11 is 1.41. The Balaban J connectivity index is 2.13. The van der Waals surface area contributed by atoms with Gasteiger partial charge >= 0.3 is 0 Å². The number of hydrazine groups is 1. The van der Waals surface area contributed by atoms with E-state index in [9.17, 15) is 14.9 Å². The van der Waals surface area contributed by atoms with E-state index in [0.29, 0.717) is 6.54 Å². The largest absolute Gasteiger partial charge is 0.347 e. The van der Waals surface area contributed by atoms with Crippen LogP contribution in [0.4, 0.5) is 11.4 Å². The van der Waals surface area contributed by atoms with E-state index < -0.39 is 10.8 Å². The second-order valence-electron chi connectivity index (χ2n) is 3.78. The van der Waals surface area contributed by atoms with Crippen molar-refractivity contribution in [1.29, 1.82) is 0 Å². The summed E-state index contributed by atoms with van der Waals surface area (Å²) < 4.78 is 0. The number of nitrogens with one attached hydrogen (secondary N) is 2. The molecule has 0 fully saturated rings. The highest BCUT2D eigenvalue weighted by atomic mass is 32.1. The SMILES string of the molecule is NNc1ccc(C(=O)NCc2cncs2)cc1[N+](=O)[O-]. The van der Waals surface area contributed by atoms with Crippen LogP contribution in [0.25, 0.3) is 0 Å². The minimum atomic E-state index is -0.602. The summed E-state index contributed by atoms with van der Waals surface area (Å²) in [4.78, 5) is 27.0. The number of aromatic nitrogens is 1. The predicted octanol–water partition coefficient (Wildman–Crippen LogP) is 1.27. The molecule has 0 aliphatic carbocycles. The Bertz CT molecular complexity index is 629. The van der Waals surface area contributed by atoms with Crippen molar-refractivity contribution < 1.29 is 9.72 Å². The minimum absolute atomic E-state index is 0.147. The molecule has 4 N–H and O–H groups in total. The van der Waals surface area contributed by atoms with E-state index in [4.69, 9.17) is 5.84 Å². The van der Waals surface area contributed by atoms with Gasteiger partial charge in [-0.25, -0.2) is 0 Å². The lowest BCUT2D eigenvalue weighted by atomic mass is 10.1. The lowest BCUT2D eigenvalue weighted by molar-refractivity contribution is -0.384. The van der Waals surface area contributed by atoms with E-state index in [1.165, 1.54) is 29.5 Å². The Morgan fingerprint density at radius 3 is 2.90 bits per heavy atom. The van der Waals surface area contributed by atoms with Crippen LogP contribution in [0.15, 0.2) is 29.9 Å². The first-order valence-corrected chi connectivity index (χ1v) is 6.40. The Labute approximate surface area is 117 Å². The number of amides is 1. The number of carbonyl (C=O) groups excluding carboxylic acids is 1. The monoisotopic (exact) mass is 293 g/mol. The summed E-state index contributed by atoms with van der Waals surface area (Å²) in [5, 5.41) is 13.5. The molecule has 0 atom stereocenters. The van der Waals surface area contributed by atoms with Gasteiger partial charge in [-0.05, 0) is 12.1 Å². The van der Waals surface area contributed by atoms with Crippen molar-refractivity contribution in [2.24, 2.45) is 5.84 Å². The van der Waals surface area contributed by atoms with Gasteiger partial charge < -0.3 is 10.7 Å². The number of nitrogens with two attached hydrogens (primary N) is 1. The number of anilines is 1. The van der Waals surface area contributed by atoms with Crippen molar-refractivity contribution in [2.75, 3.05) is 5.43 Å². The van der Waals surface area contributed by atoms with Crippen LogP contribution in [0.1, 0.15) is 15.2 Å². The molecule has 0 aliphatic heterocycles. The molecule has 0 spiro atoms. The average molecular weight is 293 g/mol. The van der Waals surface area contributed by atoms with E-state index in [1.807, 2.05) is 0 Å². The average Bonchev–Trinajstić information content (AvgIpc) is 2.97. The fourth-order valence-electron chi connectivity index (χ4n) is 1.54. The maximum atomic E-state index is 11.9. The van der Waals surface area contributed by atoms with Crippen molar-refractivity contribution in [1.82, 2.24) is 10.3 Å². The van der Waals surface area contributed by atoms with Crippen molar-refractivity contribution in [3.05, 3.63) is 50.5 Å². The van der Waals surface area contributed by atoms with Gasteiger partial charge in [-0.15, -0.1) is 11.3 Å². The molecule has 0 bridgehead atoms. The molecule has 1 aromatic heterocycles. The van der Waals surface area contributed by atoms with Gasteiger partial charge in [0.15, 0.2) is 0 Å². The Hall–Kier alpha value is -2.52. The number of rotatable bonds is 5. The molecule has 0 aliphatic rings. The third kappa shape index (κ3) is 3.08. The van der Waals surface area contributed by atoms with Gasteiger partial charge in [0.1, 0.15) is 5.69 Å². The van der Waals surface area contributed by atoms with Gasteiger partial charge in [0.2, 0.25) is 0 Å². The molecule has 1 amide bonds. The molecule has 0 saturated carbocycles. The fourth-order valence-corrected chi connectivity index (χ4v) is 2.08. The van der Waals surface area contributed by atoms with Crippen molar-refractivity contribution >= 4 is 28.6 Å². The number of hydrogen-bond donors (Lipinski definition) is 3. The molecule has 1 aromatic carbocycles. The van der Waals surface area contributed by atoms with E-state index in [-0.39, 0.29) is 16.9 Å². The lowest BCUT2D eigenvalue weighted by Gasteiger charge is -2.06. The highest BCUT2D eigenvalue weighted by Crippen LogP contribution is 2.24. The van der Waals surface area contributed by atoms with Crippen LogP contribution in [0, 0.1) is 10.1 Å². The molecule has 0 unspecified atom stereocenters. The van der Waals surface area contributed by atoms with Crippen LogP contribution in [-0.4, -0.2) is 15.8 Å². The Morgan fingerprint density at radius 2 is 2.30 bits per heavy atom. The standard InChI is InChI=1S/C11H11N5O3S/c12-15-9-2-1-7(3-10(9)16(18)19)11(17)14-5-8-4-13-6-20-8/h1-4,6,15H,5,12H2,(H,14,17). The number of carbonyl (C=O) groups is 1. The summed E-state index contributed by atoms with van der Waals surface area (Å²) in [5.41, 5.74) is 3.97. The first kappa shape index (κ1) is 13.9. The predicted molar refractivity (Wildman–Crippen MR) is 74.2 cm³/mol.